The summed E-state index contributed by atoms with van der Waals surface area (Å²) in [6, 6.07) is 4.29. The molecule has 1 heterocycles. The van der Waals surface area contributed by atoms with Gasteiger partial charge < -0.3 is 10.4 Å². The van der Waals surface area contributed by atoms with Crippen molar-refractivity contribution < 1.29 is 23.2 Å². The molecule has 0 saturated heterocycles. The molecule has 1 aromatic carbocycles. The predicted octanol–water partition coefficient (Wildman–Crippen LogP) is 2.80. The largest absolute Gasteiger partial charge is 0.416 e. The minimum atomic E-state index is -4.51. The molecule has 0 amide bonds. The van der Waals surface area contributed by atoms with Crippen molar-refractivity contribution in [3.63, 3.8) is 0 Å². The Bertz CT molecular complexity index is 758. The van der Waals surface area contributed by atoms with Crippen molar-refractivity contribution in [2.45, 2.75) is 19.2 Å². The molecular formula is C14H15F3N4O3. The third kappa shape index (κ3) is 3.65. The number of aryl methyl sites for hydroxylation is 2. The van der Waals surface area contributed by atoms with Gasteiger partial charge in [-0.05, 0) is 24.6 Å². The first kappa shape index (κ1) is 17.7. The van der Waals surface area contributed by atoms with Gasteiger partial charge in [0, 0.05) is 13.6 Å². The zero-order chi connectivity index (χ0) is 18.1. The molecule has 10 heteroatoms. The minimum Gasteiger partial charge on any atom is -0.387 e. The number of hydrogen-bond acceptors (Lipinski definition) is 5. The monoisotopic (exact) mass is 344 g/mol. The molecule has 0 saturated carbocycles. The molecule has 2 rings (SSSR count). The van der Waals surface area contributed by atoms with E-state index in [0.29, 0.717) is 0 Å². The number of nitrogens with one attached hydrogen (secondary N) is 1. The van der Waals surface area contributed by atoms with Crippen LogP contribution < -0.4 is 5.32 Å². The van der Waals surface area contributed by atoms with Crippen LogP contribution in [0.2, 0.25) is 0 Å². The SMILES string of the molecule is Cc1nn(C)c(NC[C@H](O)c2cccc(C(F)(F)F)c2)c1[N+](=O)[O-]. The fourth-order valence-corrected chi connectivity index (χ4v) is 2.30. The van der Waals surface area contributed by atoms with Gasteiger partial charge in [0.05, 0.1) is 16.6 Å². The third-order valence-electron chi connectivity index (χ3n) is 3.43. The number of halogens is 3. The van der Waals surface area contributed by atoms with Crippen LogP contribution in [0.3, 0.4) is 0 Å². The summed E-state index contributed by atoms with van der Waals surface area (Å²) in [5.74, 6) is 0.0727. The van der Waals surface area contributed by atoms with Crippen LogP contribution in [0.1, 0.15) is 22.9 Å². The quantitative estimate of drug-likeness (QED) is 0.643. The number of alkyl halides is 3. The van der Waals surface area contributed by atoms with Crippen LogP contribution in [0.25, 0.3) is 0 Å². The smallest absolute Gasteiger partial charge is 0.387 e. The molecule has 0 aliphatic heterocycles. The van der Waals surface area contributed by atoms with Crippen LogP contribution in [0, 0.1) is 17.0 Å². The first-order chi connectivity index (χ1) is 11.1. The van der Waals surface area contributed by atoms with E-state index >= 15 is 0 Å². The van der Waals surface area contributed by atoms with Gasteiger partial charge in [0.2, 0.25) is 5.82 Å². The molecule has 0 spiro atoms. The Hall–Kier alpha value is -2.62. The van der Waals surface area contributed by atoms with E-state index in [1.807, 2.05) is 0 Å². The highest BCUT2D eigenvalue weighted by Crippen LogP contribution is 2.31. The van der Waals surface area contributed by atoms with Crippen LogP contribution in [-0.4, -0.2) is 26.4 Å². The highest BCUT2D eigenvalue weighted by molar-refractivity contribution is 5.59. The van der Waals surface area contributed by atoms with E-state index in [9.17, 15) is 28.4 Å². The summed E-state index contributed by atoms with van der Waals surface area (Å²) in [6.45, 7) is 1.26. The second-order valence-electron chi connectivity index (χ2n) is 5.18. The topological polar surface area (TPSA) is 93.2 Å². The molecule has 7 nitrogen and oxygen atoms in total. The molecule has 0 fully saturated rings. The van der Waals surface area contributed by atoms with Gasteiger partial charge >= 0.3 is 11.9 Å². The van der Waals surface area contributed by atoms with E-state index in [1.165, 1.54) is 30.8 Å². The number of hydrogen-bond donors (Lipinski definition) is 2. The summed E-state index contributed by atoms with van der Waals surface area (Å²) in [7, 11) is 1.49. The Morgan fingerprint density at radius 3 is 2.71 bits per heavy atom. The number of benzene rings is 1. The van der Waals surface area contributed by atoms with Gasteiger partial charge in [-0.2, -0.15) is 18.3 Å². The van der Waals surface area contributed by atoms with Gasteiger partial charge in [0.15, 0.2) is 0 Å². The number of aromatic nitrogens is 2. The molecule has 0 radical (unpaired) electrons. The molecular weight excluding hydrogens is 329 g/mol. The van der Waals surface area contributed by atoms with Crippen LogP contribution in [-0.2, 0) is 13.2 Å². The lowest BCUT2D eigenvalue weighted by molar-refractivity contribution is -0.384. The molecule has 1 aromatic heterocycles. The highest BCUT2D eigenvalue weighted by Gasteiger charge is 2.31. The summed E-state index contributed by atoms with van der Waals surface area (Å²) in [6.07, 6.45) is -5.79. The molecule has 130 valence electrons. The first-order valence-corrected chi connectivity index (χ1v) is 6.88. The summed E-state index contributed by atoms with van der Waals surface area (Å²) < 4.78 is 39.3. The second kappa shape index (κ2) is 6.48. The number of aliphatic hydroxyl groups excluding tert-OH is 1. The Kier molecular flexibility index (Phi) is 4.78. The van der Waals surface area contributed by atoms with Crippen LogP contribution in [0.15, 0.2) is 24.3 Å². The lowest BCUT2D eigenvalue weighted by Gasteiger charge is -2.15. The van der Waals surface area contributed by atoms with Gasteiger partial charge in [-0.3, -0.25) is 10.1 Å². The Labute approximate surface area is 134 Å². The van der Waals surface area contributed by atoms with Crippen molar-refractivity contribution in [1.29, 1.82) is 0 Å². The molecule has 24 heavy (non-hydrogen) atoms. The van der Waals surface area contributed by atoms with Crippen molar-refractivity contribution in [3.8, 4) is 0 Å². The Balaban J connectivity index is 2.18. The minimum absolute atomic E-state index is 0.0545. The third-order valence-corrected chi connectivity index (χ3v) is 3.43. The van der Waals surface area contributed by atoms with Gasteiger partial charge in [-0.25, -0.2) is 4.68 Å². The molecule has 2 N–H and O–H groups in total. The predicted molar refractivity (Wildman–Crippen MR) is 79.5 cm³/mol. The van der Waals surface area contributed by atoms with Crippen LogP contribution >= 0.6 is 0 Å². The van der Waals surface area contributed by atoms with E-state index in [1.54, 1.807) is 0 Å². The maximum Gasteiger partial charge on any atom is 0.416 e. The molecule has 2 aromatic rings. The Morgan fingerprint density at radius 1 is 1.46 bits per heavy atom. The Morgan fingerprint density at radius 2 is 2.12 bits per heavy atom. The van der Waals surface area contributed by atoms with E-state index in [-0.39, 0.29) is 29.3 Å². The number of nitro groups is 1. The summed E-state index contributed by atoms with van der Waals surface area (Å²) in [5.41, 5.74) is -0.868. The average molecular weight is 344 g/mol. The van der Waals surface area contributed by atoms with Gasteiger partial charge in [0.25, 0.3) is 0 Å². The molecule has 0 aliphatic rings. The fraction of sp³-hybridized carbons (Fsp3) is 0.357. The number of anilines is 1. The van der Waals surface area contributed by atoms with E-state index in [2.05, 4.69) is 10.4 Å². The maximum atomic E-state index is 12.7. The average Bonchev–Trinajstić information content (AvgIpc) is 2.78. The summed E-state index contributed by atoms with van der Waals surface area (Å²) in [5, 5.41) is 27.7. The van der Waals surface area contributed by atoms with E-state index in [0.717, 1.165) is 12.1 Å². The van der Waals surface area contributed by atoms with Crippen molar-refractivity contribution >= 4 is 11.5 Å². The molecule has 0 unspecified atom stereocenters. The van der Waals surface area contributed by atoms with Crippen molar-refractivity contribution in [3.05, 3.63) is 51.2 Å². The van der Waals surface area contributed by atoms with Crippen LogP contribution in [0.4, 0.5) is 24.7 Å². The van der Waals surface area contributed by atoms with E-state index < -0.39 is 22.8 Å². The van der Waals surface area contributed by atoms with Crippen molar-refractivity contribution in [1.82, 2.24) is 9.78 Å². The van der Waals surface area contributed by atoms with Crippen LogP contribution in [0.5, 0.6) is 0 Å². The molecule has 1 atom stereocenters. The molecule has 0 aliphatic carbocycles. The van der Waals surface area contributed by atoms with Gasteiger partial charge in [-0.15, -0.1) is 0 Å². The maximum absolute atomic E-state index is 12.7. The lowest BCUT2D eigenvalue weighted by atomic mass is 10.1. The van der Waals surface area contributed by atoms with Gasteiger partial charge in [0.1, 0.15) is 5.69 Å². The second-order valence-corrected chi connectivity index (χ2v) is 5.18. The standard InChI is InChI=1S/C14H15F3N4O3/c1-8-12(21(23)24)13(20(2)19-8)18-7-11(22)9-4-3-5-10(6-9)14(15,16)17/h3-6,11,18,22H,7H2,1-2H3/t11-/m0/s1. The zero-order valence-corrected chi connectivity index (χ0v) is 12.8. The zero-order valence-electron chi connectivity index (χ0n) is 12.8. The summed E-state index contributed by atoms with van der Waals surface area (Å²) in [4.78, 5) is 10.4. The summed E-state index contributed by atoms with van der Waals surface area (Å²) >= 11 is 0. The van der Waals surface area contributed by atoms with Crippen molar-refractivity contribution in [2.75, 3.05) is 11.9 Å². The van der Waals surface area contributed by atoms with Gasteiger partial charge in [-0.1, -0.05) is 12.1 Å². The normalized spacial score (nSPS) is 12.9. The number of nitrogens with zero attached hydrogens (tertiary/aromatic N) is 3. The first-order valence-electron chi connectivity index (χ1n) is 6.88. The number of rotatable bonds is 5. The number of aliphatic hydroxyl groups is 1. The highest BCUT2D eigenvalue weighted by atomic mass is 19.4. The van der Waals surface area contributed by atoms with Crippen molar-refractivity contribution in [2.24, 2.45) is 7.05 Å². The lowest BCUT2D eigenvalue weighted by Crippen LogP contribution is -2.16. The van der Waals surface area contributed by atoms with E-state index in [4.69, 9.17) is 0 Å². The molecule has 0 bridgehead atoms. The fourth-order valence-electron chi connectivity index (χ4n) is 2.30.